The van der Waals surface area contributed by atoms with Crippen LogP contribution in [0.25, 0.3) is 44.2 Å². The lowest BCUT2D eigenvalue weighted by Gasteiger charge is -2.20. The first-order valence-electron chi connectivity index (χ1n) is 17.3. The van der Waals surface area contributed by atoms with Crippen LogP contribution in [0.4, 0.5) is 0 Å². The van der Waals surface area contributed by atoms with Crippen LogP contribution in [0.2, 0.25) is 0 Å². The summed E-state index contributed by atoms with van der Waals surface area (Å²) in [6, 6.07) is 45.2. The molecule has 4 aromatic rings. The monoisotopic (exact) mass is 618 g/mol. The predicted octanol–water partition coefficient (Wildman–Crippen LogP) is 14.0. The Balaban J connectivity index is 0.000000185. The first kappa shape index (κ1) is 34.2. The number of hydrogen-bond donors (Lipinski definition) is 0. The molecule has 0 aromatic heterocycles. The molecule has 0 fully saturated rings. The van der Waals surface area contributed by atoms with Gasteiger partial charge in [0, 0.05) is 0 Å². The zero-order valence-corrected chi connectivity index (χ0v) is 30.6. The van der Waals surface area contributed by atoms with Gasteiger partial charge in [0.05, 0.1) is 0 Å². The van der Waals surface area contributed by atoms with Crippen LogP contribution in [0.3, 0.4) is 0 Å². The molecule has 0 heteroatoms. The summed E-state index contributed by atoms with van der Waals surface area (Å²) in [6.45, 7) is 24.8. The molecule has 0 N–H and O–H groups in total. The Bertz CT molecular complexity index is 1880. The lowest BCUT2D eigenvalue weighted by Crippen LogP contribution is -2.10. The first-order valence-corrected chi connectivity index (χ1v) is 17.3. The summed E-state index contributed by atoms with van der Waals surface area (Å²) in [5.74, 6) is 0.566. The van der Waals surface area contributed by atoms with E-state index in [1.54, 1.807) is 0 Å². The van der Waals surface area contributed by atoms with Crippen molar-refractivity contribution in [1.82, 2.24) is 0 Å². The van der Waals surface area contributed by atoms with E-state index in [0.29, 0.717) is 5.92 Å². The molecular formula is C47H54. The molecule has 2 aliphatic rings. The first-order chi connectivity index (χ1) is 22.0. The van der Waals surface area contributed by atoms with Crippen molar-refractivity contribution in [3.63, 3.8) is 0 Å². The Hall–Kier alpha value is -4.16. The van der Waals surface area contributed by atoms with Gasteiger partial charge in [0.15, 0.2) is 0 Å². The van der Waals surface area contributed by atoms with Gasteiger partial charge in [-0.1, -0.05) is 179 Å². The maximum atomic E-state index is 2.32. The molecule has 2 aliphatic carbocycles. The second-order valence-corrected chi connectivity index (χ2v) is 16.7. The van der Waals surface area contributed by atoms with E-state index < -0.39 is 0 Å². The average Bonchev–Trinajstić information content (AvgIpc) is 3.31. The topological polar surface area (TPSA) is 0 Å². The number of benzene rings is 4. The molecule has 0 bridgehead atoms. The van der Waals surface area contributed by atoms with E-state index in [4.69, 9.17) is 0 Å². The van der Waals surface area contributed by atoms with Gasteiger partial charge in [0.25, 0.3) is 0 Å². The minimum Gasteiger partial charge on any atom is -0.0587 e. The molecule has 0 spiro atoms. The molecule has 0 unspecified atom stereocenters. The van der Waals surface area contributed by atoms with E-state index in [2.05, 4.69) is 197 Å². The lowest BCUT2D eigenvalue weighted by molar-refractivity contribution is 0.590. The number of rotatable bonds is 3. The molecule has 242 valence electrons. The highest BCUT2D eigenvalue weighted by molar-refractivity contribution is 5.88. The highest BCUT2D eigenvalue weighted by Crippen LogP contribution is 2.34. The molecule has 0 heterocycles. The van der Waals surface area contributed by atoms with Crippen molar-refractivity contribution in [3.8, 4) is 33.4 Å². The van der Waals surface area contributed by atoms with E-state index in [9.17, 15) is 0 Å². The molecule has 4 aromatic carbocycles. The highest BCUT2D eigenvalue weighted by atomic mass is 14.2. The van der Waals surface area contributed by atoms with Crippen molar-refractivity contribution < 1.29 is 0 Å². The quantitative estimate of drug-likeness (QED) is 0.185. The third-order valence-corrected chi connectivity index (χ3v) is 9.41. The summed E-state index contributed by atoms with van der Waals surface area (Å²) < 4.78 is 0. The maximum absolute atomic E-state index is 2.32. The van der Waals surface area contributed by atoms with E-state index >= 15 is 0 Å². The maximum Gasteiger partial charge on any atom is -0.0132 e. The smallest absolute Gasteiger partial charge is 0.0132 e. The van der Waals surface area contributed by atoms with Crippen LogP contribution in [0, 0.1) is 0 Å². The second kappa shape index (κ2) is 13.2. The molecule has 0 saturated carbocycles. The average molecular weight is 619 g/mol. The van der Waals surface area contributed by atoms with Gasteiger partial charge in [0.2, 0.25) is 0 Å². The van der Waals surface area contributed by atoms with E-state index in [-0.39, 0.29) is 16.2 Å². The molecule has 0 nitrogen and oxygen atoms in total. The van der Waals surface area contributed by atoms with Gasteiger partial charge in [0.1, 0.15) is 0 Å². The van der Waals surface area contributed by atoms with Gasteiger partial charge in [-0.2, -0.15) is 0 Å². The van der Waals surface area contributed by atoms with E-state index in [0.717, 1.165) is 0 Å². The minimum absolute atomic E-state index is 0.190. The molecular weight excluding hydrogens is 565 g/mol. The van der Waals surface area contributed by atoms with Crippen molar-refractivity contribution in [2.24, 2.45) is 0 Å². The van der Waals surface area contributed by atoms with Crippen LogP contribution in [-0.2, 0) is 16.2 Å². The van der Waals surface area contributed by atoms with E-state index in [1.807, 2.05) is 0 Å². The Morgan fingerprint density at radius 2 is 0.660 bits per heavy atom. The zero-order valence-electron chi connectivity index (χ0n) is 30.6. The fourth-order valence-corrected chi connectivity index (χ4v) is 6.03. The molecule has 0 radical (unpaired) electrons. The van der Waals surface area contributed by atoms with Crippen LogP contribution in [0.5, 0.6) is 0 Å². The SMILES string of the molecule is CC(C)(C)c1ccc(-c2ccc3cc(C(C)(C)C)ccc3c2)cc1.CC(C)c1ccc2cc(-c3ccc(C(C)(C)C)cc3)cc-2cc1. The van der Waals surface area contributed by atoms with Crippen LogP contribution < -0.4 is 0 Å². The van der Waals surface area contributed by atoms with Crippen LogP contribution in [0.15, 0.2) is 121 Å². The fourth-order valence-electron chi connectivity index (χ4n) is 6.03. The van der Waals surface area contributed by atoms with E-state index in [1.165, 1.54) is 66.4 Å². The van der Waals surface area contributed by atoms with Crippen molar-refractivity contribution in [1.29, 1.82) is 0 Å². The molecule has 6 rings (SSSR count). The van der Waals surface area contributed by atoms with Crippen molar-refractivity contribution in [2.45, 2.75) is 98.3 Å². The highest BCUT2D eigenvalue weighted by Gasteiger charge is 2.16. The standard InChI is InChI=1S/C24H28.C23H26/c1-23(2,3)21-12-9-17(10-13-21)18-7-8-20-16-22(24(4,5)6)14-11-19(20)15-18;1-16(2)17-6-8-19-14-21(15-20(19)9-7-17)18-10-12-22(13-11-18)23(3,4)5/h7-16H,1-6H3;6-16H,1-5H3. The molecule has 0 saturated heterocycles. The molecule has 0 atom stereocenters. The second-order valence-electron chi connectivity index (χ2n) is 16.7. The van der Waals surface area contributed by atoms with Crippen molar-refractivity contribution >= 4 is 10.8 Å². The summed E-state index contributed by atoms with van der Waals surface area (Å²) in [6.07, 6.45) is 0. The largest absolute Gasteiger partial charge is 0.0587 e. The fraction of sp³-hybridized carbons (Fsp3) is 0.319. The summed E-state index contributed by atoms with van der Waals surface area (Å²) in [7, 11) is 0. The van der Waals surface area contributed by atoms with Crippen molar-refractivity contribution in [2.75, 3.05) is 0 Å². The number of fused-ring (bicyclic) bond motifs is 2. The van der Waals surface area contributed by atoms with Gasteiger partial charge in [-0.15, -0.1) is 0 Å². The van der Waals surface area contributed by atoms with Gasteiger partial charge < -0.3 is 0 Å². The summed E-state index contributed by atoms with van der Waals surface area (Å²) >= 11 is 0. The Morgan fingerprint density at radius 3 is 1.11 bits per heavy atom. The van der Waals surface area contributed by atoms with Crippen LogP contribution in [0.1, 0.15) is 104 Å². The summed E-state index contributed by atoms with van der Waals surface area (Å²) in [4.78, 5) is 0. The Kier molecular flexibility index (Phi) is 9.57. The minimum atomic E-state index is 0.190. The van der Waals surface area contributed by atoms with Crippen LogP contribution in [-0.4, -0.2) is 0 Å². The number of hydrogen-bond acceptors (Lipinski definition) is 0. The molecule has 47 heavy (non-hydrogen) atoms. The summed E-state index contributed by atoms with van der Waals surface area (Å²) in [5.41, 5.74) is 13.9. The van der Waals surface area contributed by atoms with Gasteiger partial charge in [-0.3, -0.25) is 0 Å². The predicted molar refractivity (Wildman–Crippen MR) is 208 cm³/mol. The van der Waals surface area contributed by atoms with Crippen molar-refractivity contribution in [3.05, 3.63) is 144 Å². The Labute approximate surface area is 285 Å². The summed E-state index contributed by atoms with van der Waals surface area (Å²) in [5, 5.41) is 2.62. The zero-order chi connectivity index (χ0) is 34.1. The lowest BCUT2D eigenvalue weighted by atomic mass is 9.85. The van der Waals surface area contributed by atoms with Gasteiger partial charge in [-0.05, 0) is 107 Å². The van der Waals surface area contributed by atoms with Crippen LogP contribution >= 0.6 is 0 Å². The van der Waals surface area contributed by atoms with Gasteiger partial charge >= 0.3 is 0 Å². The normalized spacial score (nSPS) is 12.3. The third kappa shape index (κ3) is 8.23. The third-order valence-electron chi connectivity index (χ3n) is 9.41. The molecule has 0 amide bonds. The Morgan fingerprint density at radius 1 is 0.319 bits per heavy atom. The molecule has 0 aliphatic heterocycles. The van der Waals surface area contributed by atoms with Gasteiger partial charge in [-0.25, -0.2) is 0 Å².